The first-order valence-corrected chi connectivity index (χ1v) is 6.60. The molecule has 1 heterocycles. The maximum Gasteiger partial charge on any atom is 0.267 e. The molecule has 2 aromatic rings. The Hall–Kier alpha value is -2.50. The van der Waals surface area contributed by atoms with E-state index in [1.165, 1.54) is 18.2 Å². The lowest BCUT2D eigenvalue weighted by atomic mass is 10.1. The molecule has 0 saturated carbocycles. The van der Waals surface area contributed by atoms with E-state index in [1.54, 1.807) is 18.2 Å². The zero-order valence-electron chi connectivity index (χ0n) is 11.8. The van der Waals surface area contributed by atoms with E-state index in [1.807, 2.05) is 13.8 Å². The summed E-state index contributed by atoms with van der Waals surface area (Å²) in [7, 11) is 0. The first-order valence-electron chi connectivity index (χ1n) is 6.60. The molecule has 0 aliphatic rings. The van der Waals surface area contributed by atoms with Gasteiger partial charge in [-0.15, -0.1) is 0 Å². The van der Waals surface area contributed by atoms with Crippen LogP contribution in [0.15, 0.2) is 41.2 Å². The largest absolute Gasteiger partial charge is 0.352 e. The van der Waals surface area contributed by atoms with Crippen molar-refractivity contribution in [2.24, 2.45) is 0 Å². The van der Waals surface area contributed by atoms with Crippen molar-refractivity contribution >= 4 is 5.91 Å². The van der Waals surface area contributed by atoms with Gasteiger partial charge in [-0.25, -0.2) is 9.07 Å². The molecule has 110 valence electrons. The molecule has 1 aromatic carbocycles. The monoisotopic (exact) mass is 289 g/mol. The van der Waals surface area contributed by atoms with Crippen molar-refractivity contribution in [3.05, 3.63) is 52.6 Å². The summed E-state index contributed by atoms with van der Waals surface area (Å²) in [6.07, 6.45) is 0. The van der Waals surface area contributed by atoms with Crippen LogP contribution in [0.4, 0.5) is 4.39 Å². The minimum atomic E-state index is -0.429. The lowest BCUT2D eigenvalue weighted by molar-refractivity contribution is -0.122. The molecule has 2 rings (SSSR count). The van der Waals surface area contributed by atoms with Crippen molar-refractivity contribution in [2.75, 3.05) is 0 Å². The lowest BCUT2D eigenvalue weighted by Crippen LogP contribution is -2.36. The van der Waals surface area contributed by atoms with Crippen LogP contribution < -0.4 is 10.9 Å². The fourth-order valence-corrected chi connectivity index (χ4v) is 1.88. The SMILES string of the molecule is CC(C)NC(=O)Cn1nc(-c2ccccc2F)ccc1=O. The van der Waals surface area contributed by atoms with Gasteiger partial charge in [-0.1, -0.05) is 12.1 Å². The zero-order valence-corrected chi connectivity index (χ0v) is 11.8. The van der Waals surface area contributed by atoms with Crippen LogP contribution in [-0.4, -0.2) is 21.7 Å². The van der Waals surface area contributed by atoms with Gasteiger partial charge in [0.25, 0.3) is 5.56 Å². The Kier molecular flexibility index (Phi) is 4.47. The molecular formula is C15H16FN3O2. The molecule has 1 aromatic heterocycles. The number of amides is 1. The maximum atomic E-state index is 13.7. The molecule has 21 heavy (non-hydrogen) atoms. The van der Waals surface area contributed by atoms with E-state index in [0.29, 0.717) is 5.69 Å². The number of hydrogen-bond acceptors (Lipinski definition) is 3. The molecule has 5 nitrogen and oxygen atoms in total. The van der Waals surface area contributed by atoms with Crippen LogP contribution in [0.2, 0.25) is 0 Å². The molecule has 0 unspecified atom stereocenters. The normalized spacial score (nSPS) is 10.7. The predicted octanol–water partition coefficient (Wildman–Crippen LogP) is 1.57. The number of benzene rings is 1. The molecule has 0 aliphatic heterocycles. The molecule has 0 fully saturated rings. The van der Waals surface area contributed by atoms with Crippen molar-refractivity contribution in [3.63, 3.8) is 0 Å². The molecule has 0 radical (unpaired) electrons. The average molecular weight is 289 g/mol. The first kappa shape index (κ1) is 14.9. The van der Waals surface area contributed by atoms with Gasteiger partial charge in [0, 0.05) is 17.7 Å². The van der Waals surface area contributed by atoms with Gasteiger partial charge >= 0.3 is 0 Å². The molecule has 0 aliphatic carbocycles. The van der Waals surface area contributed by atoms with Crippen molar-refractivity contribution in [1.82, 2.24) is 15.1 Å². The highest BCUT2D eigenvalue weighted by atomic mass is 19.1. The molecule has 1 N–H and O–H groups in total. The summed E-state index contributed by atoms with van der Waals surface area (Å²) in [4.78, 5) is 23.4. The van der Waals surface area contributed by atoms with Gasteiger partial charge in [-0.3, -0.25) is 9.59 Å². The van der Waals surface area contributed by atoms with Gasteiger partial charge in [-0.2, -0.15) is 5.10 Å². The van der Waals surface area contributed by atoms with E-state index in [4.69, 9.17) is 0 Å². The fraction of sp³-hybridized carbons (Fsp3) is 0.267. The van der Waals surface area contributed by atoms with E-state index in [9.17, 15) is 14.0 Å². The Morgan fingerprint density at radius 1 is 1.29 bits per heavy atom. The number of nitrogens with zero attached hydrogens (tertiary/aromatic N) is 2. The second-order valence-electron chi connectivity index (χ2n) is 4.92. The Labute approximate surface area is 121 Å². The number of nitrogens with one attached hydrogen (secondary N) is 1. The fourth-order valence-electron chi connectivity index (χ4n) is 1.88. The third-order valence-electron chi connectivity index (χ3n) is 2.76. The average Bonchev–Trinajstić information content (AvgIpc) is 2.41. The molecule has 0 atom stereocenters. The van der Waals surface area contributed by atoms with Crippen LogP contribution in [0, 0.1) is 5.82 Å². The summed E-state index contributed by atoms with van der Waals surface area (Å²) in [5.74, 6) is -0.743. The van der Waals surface area contributed by atoms with Crippen LogP contribution in [-0.2, 0) is 11.3 Å². The predicted molar refractivity (Wildman–Crippen MR) is 77.2 cm³/mol. The molecule has 0 saturated heterocycles. The van der Waals surface area contributed by atoms with Gasteiger partial charge in [0.1, 0.15) is 12.4 Å². The quantitative estimate of drug-likeness (QED) is 0.929. The van der Waals surface area contributed by atoms with Gasteiger partial charge in [-0.05, 0) is 32.0 Å². The highest BCUT2D eigenvalue weighted by Gasteiger charge is 2.10. The topological polar surface area (TPSA) is 64.0 Å². The lowest BCUT2D eigenvalue weighted by Gasteiger charge is -2.10. The zero-order chi connectivity index (χ0) is 15.4. The number of rotatable bonds is 4. The second kappa shape index (κ2) is 6.30. The Morgan fingerprint density at radius 3 is 2.67 bits per heavy atom. The summed E-state index contributed by atoms with van der Waals surface area (Å²) in [5.41, 5.74) is 0.189. The van der Waals surface area contributed by atoms with Gasteiger partial charge < -0.3 is 5.32 Å². The van der Waals surface area contributed by atoms with Crippen molar-refractivity contribution in [1.29, 1.82) is 0 Å². The van der Waals surface area contributed by atoms with E-state index in [-0.39, 0.29) is 24.1 Å². The van der Waals surface area contributed by atoms with Gasteiger partial charge in [0.2, 0.25) is 5.91 Å². The minimum absolute atomic E-state index is 0.0250. The standard InChI is InChI=1S/C15H16FN3O2/c1-10(2)17-14(20)9-19-15(21)8-7-13(18-19)11-5-3-4-6-12(11)16/h3-8,10H,9H2,1-2H3,(H,17,20). The van der Waals surface area contributed by atoms with Crippen molar-refractivity contribution < 1.29 is 9.18 Å². The number of halogens is 1. The van der Waals surface area contributed by atoms with Gasteiger partial charge in [0.15, 0.2) is 0 Å². The van der Waals surface area contributed by atoms with E-state index < -0.39 is 11.4 Å². The third-order valence-corrected chi connectivity index (χ3v) is 2.76. The molecule has 0 spiro atoms. The number of carbonyl (C=O) groups excluding carboxylic acids is 1. The Bertz CT molecular complexity index is 710. The maximum absolute atomic E-state index is 13.7. The summed E-state index contributed by atoms with van der Waals surface area (Å²) < 4.78 is 14.8. The van der Waals surface area contributed by atoms with Crippen molar-refractivity contribution in [2.45, 2.75) is 26.4 Å². The van der Waals surface area contributed by atoms with Crippen LogP contribution >= 0.6 is 0 Å². The molecule has 0 bridgehead atoms. The highest BCUT2D eigenvalue weighted by Crippen LogP contribution is 2.18. The Balaban J connectivity index is 2.32. The second-order valence-corrected chi connectivity index (χ2v) is 4.92. The van der Waals surface area contributed by atoms with Crippen LogP contribution in [0.5, 0.6) is 0 Å². The van der Waals surface area contributed by atoms with E-state index in [2.05, 4.69) is 10.4 Å². The number of aromatic nitrogens is 2. The van der Waals surface area contributed by atoms with Crippen molar-refractivity contribution in [3.8, 4) is 11.3 Å². The van der Waals surface area contributed by atoms with Crippen LogP contribution in [0.1, 0.15) is 13.8 Å². The summed E-state index contributed by atoms with van der Waals surface area (Å²) >= 11 is 0. The molecule has 6 heteroatoms. The summed E-state index contributed by atoms with van der Waals surface area (Å²) in [6, 6.07) is 8.84. The molecule has 1 amide bonds. The summed E-state index contributed by atoms with van der Waals surface area (Å²) in [6.45, 7) is 3.45. The first-order chi connectivity index (χ1) is 9.97. The Morgan fingerprint density at radius 2 is 2.00 bits per heavy atom. The number of hydrogen-bond donors (Lipinski definition) is 1. The van der Waals surface area contributed by atoms with E-state index >= 15 is 0 Å². The third kappa shape index (κ3) is 3.75. The van der Waals surface area contributed by atoms with Gasteiger partial charge in [0.05, 0.1) is 5.69 Å². The number of carbonyl (C=O) groups is 1. The molecular weight excluding hydrogens is 273 g/mol. The smallest absolute Gasteiger partial charge is 0.267 e. The van der Waals surface area contributed by atoms with E-state index in [0.717, 1.165) is 4.68 Å². The summed E-state index contributed by atoms with van der Waals surface area (Å²) in [5, 5.41) is 6.73. The highest BCUT2D eigenvalue weighted by molar-refractivity contribution is 5.75. The minimum Gasteiger partial charge on any atom is -0.352 e. The van der Waals surface area contributed by atoms with Crippen LogP contribution in [0.25, 0.3) is 11.3 Å². The van der Waals surface area contributed by atoms with Crippen LogP contribution in [0.3, 0.4) is 0 Å².